The molecule has 4 N–H and O–H groups in total. The van der Waals surface area contributed by atoms with Crippen LogP contribution in [-0.2, 0) is 6.54 Å². The van der Waals surface area contributed by atoms with Crippen LogP contribution in [0.3, 0.4) is 0 Å². The Morgan fingerprint density at radius 1 is 1.06 bits per heavy atom. The largest absolute Gasteiger partial charge is 0.391 e. The summed E-state index contributed by atoms with van der Waals surface area (Å²) in [4.78, 5) is 13.8. The van der Waals surface area contributed by atoms with Gasteiger partial charge in [-0.3, -0.25) is 9.97 Å². The van der Waals surface area contributed by atoms with Crippen molar-refractivity contribution in [2.24, 2.45) is 11.7 Å². The first-order chi connectivity index (χ1) is 15.3. The number of halogens is 3. The number of aliphatic hydroxyl groups is 1. The van der Waals surface area contributed by atoms with Crippen molar-refractivity contribution in [2.75, 3.05) is 23.3 Å². The van der Waals surface area contributed by atoms with Crippen LogP contribution in [0.2, 0.25) is 0 Å². The van der Waals surface area contributed by atoms with Crippen molar-refractivity contribution >= 4 is 11.4 Å². The lowest BCUT2D eigenvalue weighted by Crippen LogP contribution is -2.55. The zero-order valence-electron chi connectivity index (χ0n) is 17.3. The highest BCUT2D eigenvalue weighted by atomic mass is 19.1. The Morgan fingerprint density at radius 3 is 2.53 bits per heavy atom. The van der Waals surface area contributed by atoms with Crippen molar-refractivity contribution in [3.05, 3.63) is 66.1 Å². The fourth-order valence-electron chi connectivity index (χ4n) is 3.89. The highest BCUT2D eigenvalue weighted by Crippen LogP contribution is 2.30. The van der Waals surface area contributed by atoms with Crippen molar-refractivity contribution in [3.63, 3.8) is 0 Å². The molecule has 3 aromatic heterocycles. The average molecular weight is 444 g/mol. The Balaban J connectivity index is 1.57. The smallest absolute Gasteiger partial charge is 0.153 e. The number of piperidine rings is 1. The Kier molecular flexibility index (Phi) is 6.24. The van der Waals surface area contributed by atoms with Gasteiger partial charge in [0.15, 0.2) is 11.6 Å². The topological polar surface area (TPSA) is 100 Å². The van der Waals surface area contributed by atoms with E-state index in [1.807, 2.05) is 13.0 Å². The van der Waals surface area contributed by atoms with Gasteiger partial charge in [-0.15, -0.1) is 0 Å². The molecule has 4 rings (SSSR count). The first kappa shape index (κ1) is 22.0. The Morgan fingerprint density at radius 2 is 1.81 bits per heavy atom. The number of anilines is 2. The third-order valence-corrected chi connectivity index (χ3v) is 5.55. The van der Waals surface area contributed by atoms with Gasteiger partial charge in [0.25, 0.3) is 0 Å². The summed E-state index contributed by atoms with van der Waals surface area (Å²) in [6.07, 6.45) is 4.36. The van der Waals surface area contributed by atoms with Gasteiger partial charge < -0.3 is 21.1 Å². The first-order valence-electron chi connectivity index (χ1n) is 10.2. The van der Waals surface area contributed by atoms with E-state index in [1.165, 1.54) is 6.07 Å². The fourth-order valence-corrected chi connectivity index (χ4v) is 3.89. The lowest BCUT2D eigenvalue weighted by Gasteiger charge is -2.40. The molecule has 10 heteroatoms. The van der Waals surface area contributed by atoms with Crippen LogP contribution in [0, 0.1) is 23.4 Å². The SMILES string of the molecule is CC1CN(c2ccncc2NCc2ccc(F)c(-c3c(F)cncc3F)n2)CC(N)C1O. The molecule has 1 saturated heterocycles. The van der Waals surface area contributed by atoms with E-state index >= 15 is 0 Å². The molecular formula is C22H23F3N6O. The zero-order chi connectivity index (χ0) is 22.8. The molecule has 1 aliphatic heterocycles. The molecule has 0 saturated carbocycles. The van der Waals surface area contributed by atoms with Gasteiger partial charge in [0.05, 0.1) is 53.9 Å². The summed E-state index contributed by atoms with van der Waals surface area (Å²) in [7, 11) is 0. The van der Waals surface area contributed by atoms with Gasteiger partial charge in [-0.25, -0.2) is 18.2 Å². The molecule has 168 valence electrons. The van der Waals surface area contributed by atoms with Crippen LogP contribution in [-0.4, -0.2) is 45.3 Å². The van der Waals surface area contributed by atoms with Crippen molar-refractivity contribution in [3.8, 4) is 11.3 Å². The van der Waals surface area contributed by atoms with Gasteiger partial charge in [0.1, 0.15) is 11.5 Å². The minimum atomic E-state index is -0.992. The number of hydrogen-bond donors (Lipinski definition) is 3. The van der Waals surface area contributed by atoms with Crippen molar-refractivity contribution < 1.29 is 18.3 Å². The molecule has 3 atom stereocenters. The molecular weight excluding hydrogens is 421 g/mol. The van der Waals surface area contributed by atoms with Crippen LogP contribution in [0.1, 0.15) is 12.6 Å². The van der Waals surface area contributed by atoms with Gasteiger partial charge in [0.2, 0.25) is 0 Å². The summed E-state index contributed by atoms with van der Waals surface area (Å²) in [5, 5.41) is 13.3. The maximum atomic E-state index is 14.3. The maximum absolute atomic E-state index is 14.3. The number of aromatic nitrogens is 3. The summed E-state index contributed by atoms with van der Waals surface area (Å²) in [5.74, 6) is -2.83. The van der Waals surface area contributed by atoms with Crippen molar-refractivity contribution in [2.45, 2.75) is 25.6 Å². The molecule has 0 spiro atoms. The molecule has 4 heterocycles. The number of aliphatic hydroxyl groups excluding tert-OH is 1. The second-order valence-electron chi connectivity index (χ2n) is 7.89. The summed E-state index contributed by atoms with van der Waals surface area (Å²) < 4.78 is 42.5. The predicted molar refractivity (Wildman–Crippen MR) is 114 cm³/mol. The van der Waals surface area contributed by atoms with Gasteiger partial charge in [-0.2, -0.15) is 0 Å². The molecule has 7 nitrogen and oxygen atoms in total. The second kappa shape index (κ2) is 9.09. The first-order valence-corrected chi connectivity index (χ1v) is 10.2. The highest BCUT2D eigenvalue weighted by Gasteiger charge is 2.31. The number of rotatable bonds is 5. The zero-order valence-corrected chi connectivity index (χ0v) is 17.3. The average Bonchev–Trinajstić information content (AvgIpc) is 2.77. The molecule has 3 unspecified atom stereocenters. The van der Waals surface area contributed by atoms with Crippen LogP contribution in [0.4, 0.5) is 24.5 Å². The summed E-state index contributed by atoms with van der Waals surface area (Å²) in [6, 6.07) is 4.01. The molecule has 32 heavy (non-hydrogen) atoms. The van der Waals surface area contributed by atoms with Crippen LogP contribution in [0.5, 0.6) is 0 Å². The number of nitrogens with two attached hydrogens (primary N) is 1. The van der Waals surface area contributed by atoms with Gasteiger partial charge in [0, 0.05) is 31.2 Å². The number of hydrogen-bond acceptors (Lipinski definition) is 7. The van der Waals surface area contributed by atoms with Crippen molar-refractivity contribution in [1.29, 1.82) is 0 Å². The molecule has 0 aliphatic carbocycles. The van der Waals surface area contributed by atoms with Gasteiger partial charge in [-0.1, -0.05) is 6.92 Å². The number of nitrogens with one attached hydrogen (secondary N) is 1. The van der Waals surface area contributed by atoms with Gasteiger partial charge >= 0.3 is 0 Å². The number of pyridine rings is 3. The van der Waals surface area contributed by atoms with Crippen molar-refractivity contribution in [1.82, 2.24) is 15.0 Å². The third kappa shape index (κ3) is 4.37. The standard InChI is InChI=1S/C22H23F3N6O/c1-12-10-31(11-17(26)22(12)32)19-4-5-27-9-18(19)29-6-13-2-3-14(23)21(30-13)20-15(24)7-28-8-16(20)25/h2-5,7-9,12,17,22,29,32H,6,10-11,26H2,1H3. The van der Waals surface area contributed by atoms with Crippen LogP contribution in [0.15, 0.2) is 43.0 Å². The Labute approximate surface area is 183 Å². The van der Waals surface area contributed by atoms with E-state index in [1.54, 1.807) is 12.4 Å². The molecule has 1 aliphatic rings. The quantitative estimate of drug-likeness (QED) is 0.556. The summed E-state index contributed by atoms with van der Waals surface area (Å²) in [6.45, 7) is 3.20. The van der Waals surface area contributed by atoms with Crippen LogP contribution < -0.4 is 16.0 Å². The molecule has 1 fully saturated rings. The van der Waals surface area contributed by atoms with E-state index in [2.05, 4.69) is 25.2 Å². The van der Waals surface area contributed by atoms with Crippen LogP contribution in [0.25, 0.3) is 11.3 Å². The third-order valence-electron chi connectivity index (χ3n) is 5.55. The van der Waals surface area contributed by atoms with Gasteiger partial charge in [-0.05, 0) is 18.2 Å². The molecule has 0 radical (unpaired) electrons. The van der Waals surface area contributed by atoms with E-state index < -0.39 is 34.8 Å². The molecule has 0 aromatic carbocycles. The maximum Gasteiger partial charge on any atom is 0.153 e. The van der Waals surface area contributed by atoms with E-state index in [-0.39, 0.29) is 18.5 Å². The molecule has 3 aromatic rings. The fraction of sp³-hybridized carbons (Fsp3) is 0.318. The lowest BCUT2D eigenvalue weighted by molar-refractivity contribution is 0.0785. The lowest BCUT2D eigenvalue weighted by atomic mass is 9.92. The minimum absolute atomic E-state index is 0.00811. The Bertz CT molecular complexity index is 1080. The number of nitrogens with zero attached hydrogens (tertiary/aromatic N) is 4. The monoisotopic (exact) mass is 444 g/mol. The van der Waals surface area contributed by atoms with Crippen LogP contribution >= 0.6 is 0 Å². The molecule has 0 amide bonds. The minimum Gasteiger partial charge on any atom is -0.391 e. The predicted octanol–water partition coefficient (Wildman–Crippen LogP) is 2.71. The summed E-state index contributed by atoms with van der Waals surface area (Å²) in [5.41, 5.74) is 7.03. The van der Waals surface area contributed by atoms with E-state index in [0.29, 0.717) is 24.5 Å². The van der Waals surface area contributed by atoms with E-state index in [0.717, 1.165) is 24.1 Å². The molecule has 0 bridgehead atoms. The van der Waals surface area contributed by atoms with E-state index in [9.17, 15) is 18.3 Å². The summed E-state index contributed by atoms with van der Waals surface area (Å²) >= 11 is 0. The second-order valence-corrected chi connectivity index (χ2v) is 7.89. The van der Waals surface area contributed by atoms with E-state index in [4.69, 9.17) is 5.73 Å². The normalized spacial score (nSPS) is 20.9. The Hall–Kier alpha value is -3.24. The highest BCUT2D eigenvalue weighted by molar-refractivity contribution is 5.69.